The average molecular weight is 447 g/mol. The van der Waals surface area contributed by atoms with E-state index in [-0.39, 0.29) is 5.91 Å². The van der Waals surface area contributed by atoms with E-state index in [1.54, 1.807) is 42.6 Å². The maximum absolute atomic E-state index is 13.7. The molecule has 0 radical (unpaired) electrons. The van der Waals surface area contributed by atoms with Gasteiger partial charge in [0.2, 0.25) is 5.91 Å². The number of anilines is 1. The number of methoxy groups -OCH3 is 1. The van der Waals surface area contributed by atoms with E-state index in [2.05, 4.69) is 22.6 Å². The van der Waals surface area contributed by atoms with Gasteiger partial charge in [0.15, 0.2) is 5.41 Å². The molecule has 3 atom stereocenters. The van der Waals surface area contributed by atoms with Crippen LogP contribution >= 0.6 is 0 Å². The van der Waals surface area contributed by atoms with E-state index in [4.69, 9.17) is 4.74 Å². The van der Waals surface area contributed by atoms with Crippen molar-refractivity contribution in [1.29, 1.82) is 10.5 Å². The van der Waals surface area contributed by atoms with Crippen molar-refractivity contribution in [3.05, 3.63) is 95.6 Å². The van der Waals surface area contributed by atoms with Crippen LogP contribution in [0.15, 0.2) is 84.0 Å². The fourth-order valence-corrected chi connectivity index (χ4v) is 5.03. The number of amides is 1. The van der Waals surface area contributed by atoms with Crippen LogP contribution in [0.3, 0.4) is 0 Å². The lowest BCUT2D eigenvalue weighted by atomic mass is 9.68. The van der Waals surface area contributed by atoms with Gasteiger partial charge in [0.1, 0.15) is 17.8 Å². The number of hydrogen-bond acceptors (Lipinski definition) is 6. The number of rotatable bonds is 4. The van der Waals surface area contributed by atoms with Crippen LogP contribution in [0.5, 0.6) is 5.75 Å². The zero-order valence-electron chi connectivity index (χ0n) is 18.4. The van der Waals surface area contributed by atoms with E-state index in [1.807, 2.05) is 54.6 Å². The Morgan fingerprint density at radius 2 is 1.68 bits per heavy atom. The number of carbonyl (C=O) groups is 1. The quantitative estimate of drug-likeness (QED) is 0.645. The molecule has 2 aliphatic rings. The Morgan fingerprint density at radius 3 is 2.35 bits per heavy atom. The zero-order valence-corrected chi connectivity index (χ0v) is 18.4. The van der Waals surface area contributed by atoms with Crippen LogP contribution < -0.4 is 10.1 Å². The molecule has 0 bridgehead atoms. The van der Waals surface area contributed by atoms with Gasteiger partial charge >= 0.3 is 0 Å². The lowest BCUT2D eigenvalue weighted by Crippen LogP contribution is -2.41. The first kappa shape index (κ1) is 21.2. The highest BCUT2D eigenvalue weighted by atomic mass is 16.5. The molecule has 0 saturated carbocycles. The third-order valence-electron chi connectivity index (χ3n) is 6.56. The molecule has 3 aromatic rings. The van der Waals surface area contributed by atoms with Crippen LogP contribution in [0.4, 0.5) is 5.69 Å². The molecule has 0 aliphatic carbocycles. The smallest absolute Gasteiger partial charge is 0.249 e. The second-order valence-electron chi connectivity index (χ2n) is 8.30. The van der Waals surface area contributed by atoms with E-state index in [0.717, 1.165) is 11.1 Å². The minimum Gasteiger partial charge on any atom is -0.497 e. The third-order valence-corrected chi connectivity index (χ3v) is 6.56. The van der Waals surface area contributed by atoms with Gasteiger partial charge < -0.3 is 10.1 Å². The van der Waals surface area contributed by atoms with Gasteiger partial charge in [-0.2, -0.15) is 15.6 Å². The standard InChI is InChI=1S/C27H21N5O2/c1-34-21-13-11-18(12-14-21)23-24(26(33)31-20-8-3-2-4-9-20)32-25(27(23,16-28)17-29)22-10-6-5-7-19(22)15-30-32/h2-15,23-25H,1H3,(H,31,33)/t23-,24-,25+/m1/s1. The van der Waals surface area contributed by atoms with Crippen molar-refractivity contribution in [2.45, 2.75) is 18.0 Å². The van der Waals surface area contributed by atoms with E-state index < -0.39 is 23.4 Å². The minimum absolute atomic E-state index is 0.332. The zero-order chi connectivity index (χ0) is 23.7. The summed E-state index contributed by atoms with van der Waals surface area (Å²) < 4.78 is 5.29. The monoisotopic (exact) mass is 447 g/mol. The number of nitrogens with zero attached hydrogens (tertiary/aromatic N) is 4. The first-order chi connectivity index (χ1) is 16.6. The summed E-state index contributed by atoms with van der Waals surface area (Å²) >= 11 is 0. The van der Waals surface area contributed by atoms with Gasteiger partial charge in [0.05, 0.1) is 25.5 Å². The molecule has 3 aromatic carbocycles. The van der Waals surface area contributed by atoms with Crippen LogP contribution in [-0.2, 0) is 4.79 Å². The Labute approximate surface area is 197 Å². The number of carbonyl (C=O) groups excluding carboxylic acids is 1. The van der Waals surface area contributed by atoms with E-state index in [0.29, 0.717) is 17.0 Å². The van der Waals surface area contributed by atoms with Crippen LogP contribution in [0, 0.1) is 28.1 Å². The number of hydrogen-bond donors (Lipinski definition) is 1. The number of para-hydroxylation sites is 1. The summed E-state index contributed by atoms with van der Waals surface area (Å²) in [6.07, 6.45) is 1.69. The lowest BCUT2D eigenvalue weighted by molar-refractivity contribution is -0.121. The molecule has 1 saturated heterocycles. The van der Waals surface area contributed by atoms with Crippen molar-refractivity contribution < 1.29 is 9.53 Å². The van der Waals surface area contributed by atoms with Crippen molar-refractivity contribution in [1.82, 2.24) is 5.01 Å². The second kappa shape index (κ2) is 8.38. The average Bonchev–Trinajstić information content (AvgIpc) is 3.20. The SMILES string of the molecule is COc1ccc([C@@H]2[C@H](C(=O)Nc3ccccc3)N3N=Cc4ccccc4[C@H]3C2(C#N)C#N)cc1. The highest BCUT2D eigenvalue weighted by Crippen LogP contribution is 2.59. The van der Waals surface area contributed by atoms with Crippen LogP contribution in [0.25, 0.3) is 0 Å². The van der Waals surface area contributed by atoms with Gasteiger partial charge in [-0.1, -0.05) is 54.6 Å². The molecule has 166 valence electrons. The lowest BCUT2D eigenvalue weighted by Gasteiger charge is -2.33. The fourth-order valence-electron chi connectivity index (χ4n) is 5.03. The molecule has 0 spiro atoms. The molecule has 0 unspecified atom stereocenters. The van der Waals surface area contributed by atoms with Crippen LogP contribution in [0.1, 0.15) is 28.7 Å². The molecule has 7 nitrogen and oxygen atoms in total. The number of nitrogens with one attached hydrogen (secondary N) is 1. The Kier molecular flexibility index (Phi) is 5.24. The summed E-state index contributed by atoms with van der Waals surface area (Å²) in [7, 11) is 1.57. The number of hydrazone groups is 1. The number of ether oxygens (including phenoxy) is 1. The van der Waals surface area contributed by atoms with Crippen molar-refractivity contribution in [3.63, 3.8) is 0 Å². The molecule has 0 aromatic heterocycles. The Balaban J connectivity index is 1.69. The van der Waals surface area contributed by atoms with Gasteiger partial charge in [-0.05, 0) is 41.0 Å². The fraction of sp³-hybridized carbons (Fsp3) is 0.185. The largest absolute Gasteiger partial charge is 0.497 e. The van der Waals surface area contributed by atoms with E-state index >= 15 is 0 Å². The van der Waals surface area contributed by atoms with Gasteiger partial charge in [-0.3, -0.25) is 9.80 Å². The first-order valence-corrected chi connectivity index (χ1v) is 10.9. The highest BCUT2D eigenvalue weighted by Gasteiger charge is 2.65. The number of nitriles is 2. The van der Waals surface area contributed by atoms with Gasteiger partial charge in [0.25, 0.3) is 0 Å². The number of fused-ring (bicyclic) bond motifs is 3. The summed E-state index contributed by atoms with van der Waals surface area (Å²) in [5.41, 5.74) is 1.40. The van der Waals surface area contributed by atoms with E-state index in [9.17, 15) is 15.3 Å². The first-order valence-electron chi connectivity index (χ1n) is 10.9. The van der Waals surface area contributed by atoms with Crippen LogP contribution in [-0.4, -0.2) is 30.3 Å². The second-order valence-corrected chi connectivity index (χ2v) is 8.30. The Hall–Kier alpha value is -4.62. The summed E-state index contributed by atoms with van der Waals surface area (Å²) in [5, 5.41) is 30.2. The van der Waals surface area contributed by atoms with Gasteiger partial charge in [-0.15, -0.1) is 0 Å². The van der Waals surface area contributed by atoms with Crippen molar-refractivity contribution in [2.24, 2.45) is 10.5 Å². The molecule has 34 heavy (non-hydrogen) atoms. The molecule has 5 rings (SSSR count). The minimum atomic E-state index is -1.55. The summed E-state index contributed by atoms with van der Waals surface area (Å²) in [6.45, 7) is 0. The topological polar surface area (TPSA) is 102 Å². The van der Waals surface area contributed by atoms with Crippen molar-refractivity contribution >= 4 is 17.8 Å². The van der Waals surface area contributed by atoms with E-state index in [1.165, 1.54) is 0 Å². The predicted molar refractivity (Wildman–Crippen MR) is 127 cm³/mol. The predicted octanol–water partition coefficient (Wildman–Crippen LogP) is 4.22. The maximum Gasteiger partial charge on any atom is 0.249 e. The third kappa shape index (κ3) is 3.18. The highest BCUT2D eigenvalue weighted by molar-refractivity contribution is 5.97. The summed E-state index contributed by atoms with van der Waals surface area (Å²) in [4.78, 5) is 13.7. The van der Waals surface area contributed by atoms with Gasteiger partial charge in [-0.25, -0.2) is 0 Å². The number of benzene rings is 3. The molecule has 7 heteroatoms. The Bertz CT molecular complexity index is 1320. The molecular weight excluding hydrogens is 426 g/mol. The van der Waals surface area contributed by atoms with Gasteiger partial charge in [0, 0.05) is 11.6 Å². The van der Waals surface area contributed by atoms with Crippen molar-refractivity contribution in [2.75, 3.05) is 12.4 Å². The molecular formula is C27H21N5O2. The summed E-state index contributed by atoms with van der Waals surface area (Å²) in [6, 6.07) is 26.8. The summed E-state index contributed by atoms with van der Waals surface area (Å²) in [5.74, 6) is -0.445. The molecule has 2 aliphatic heterocycles. The maximum atomic E-state index is 13.7. The van der Waals surface area contributed by atoms with Crippen LogP contribution in [0.2, 0.25) is 0 Å². The molecule has 2 heterocycles. The molecule has 1 amide bonds. The van der Waals surface area contributed by atoms with Crippen molar-refractivity contribution in [3.8, 4) is 17.9 Å². The Morgan fingerprint density at radius 1 is 1.00 bits per heavy atom. The molecule has 1 N–H and O–H groups in total. The molecule has 1 fully saturated rings. The normalized spacial score (nSPS) is 21.5.